The van der Waals surface area contributed by atoms with Crippen molar-refractivity contribution in [3.8, 4) is 5.75 Å². The van der Waals surface area contributed by atoms with Crippen LogP contribution in [0.2, 0.25) is 0 Å². The SMILES string of the molecule is COc1ccccc1N1CC2(CCN(CCc3ccccc3)CC2)OC(C)C1=O. The van der Waals surface area contributed by atoms with E-state index >= 15 is 0 Å². The summed E-state index contributed by atoms with van der Waals surface area (Å²) in [7, 11) is 1.65. The molecular weight excluding hydrogens is 364 g/mol. The lowest BCUT2D eigenvalue weighted by molar-refractivity contribution is -0.161. The van der Waals surface area contributed by atoms with Crippen molar-refractivity contribution in [3.05, 3.63) is 60.2 Å². The van der Waals surface area contributed by atoms with E-state index in [0.717, 1.165) is 50.3 Å². The lowest BCUT2D eigenvalue weighted by Crippen LogP contribution is -2.61. The number of hydrogen-bond donors (Lipinski definition) is 0. The first kappa shape index (κ1) is 19.9. The van der Waals surface area contributed by atoms with Gasteiger partial charge in [-0.25, -0.2) is 0 Å². The Labute approximate surface area is 173 Å². The zero-order valence-electron chi connectivity index (χ0n) is 17.3. The molecule has 1 unspecified atom stereocenters. The fraction of sp³-hybridized carbons (Fsp3) is 0.458. The normalized spacial score (nSPS) is 22.1. The van der Waals surface area contributed by atoms with Crippen molar-refractivity contribution in [3.63, 3.8) is 0 Å². The molecule has 0 radical (unpaired) electrons. The second kappa shape index (κ2) is 8.56. The zero-order chi connectivity index (χ0) is 20.3. The minimum absolute atomic E-state index is 0.00614. The van der Waals surface area contributed by atoms with Crippen LogP contribution in [0.4, 0.5) is 5.69 Å². The maximum atomic E-state index is 12.9. The minimum atomic E-state index is -0.440. The Morgan fingerprint density at radius 3 is 2.48 bits per heavy atom. The van der Waals surface area contributed by atoms with Crippen LogP contribution in [-0.4, -0.2) is 55.8 Å². The number of para-hydroxylation sites is 2. The van der Waals surface area contributed by atoms with Crippen LogP contribution in [0.25, 0.3) is 0 Å². The molecule has 2 aromatic rings. The highest BCUT2D eigenvalue weighted by molar-refractivity contribution is 5.98. The summed E-state index contributed by atoms with van der Waals surface area (Å²) in [5.74, 6) is 0.733. The molecule has 2 fully saturated rings. The summed E-state index contributed by atoms with van der Waals surface area (Å²) >= 11 is 0. The molecule has 1 atom stereocenters. The van der Waals surface area contributed by atoms with Gasteiger partial charge in [-0.1, -0.05) is 42.5 Å². The average molecular weight is 395 g/mol. The van der Waals surface area contributed by atoms with Crippen molar-refractivity contribution in [2.75, 3.05) is 38.2 Å². The molecule has 2 aromatic carbocycles. The van der Waals surface area contributed by atoms with Gasteiger partial charge >= 0.3 is 0 Å². The van der Waals surface area contributed by atoms with E-state index in [4.69, 9.17) is 9.47 Å². The number of piperidine rings is 1. The van der Waals surface area contributed by atoms with E-state index in [9.17, 15) is 4.79 Å². The van der Waals surface area contributed by atoms with E-state index < -0.39 is 6.10 Å². The molecule has 1 spiro atoms. The van der Waals surface area contributed by atoms with E-state index in [1.807, 2.05) is 36.1 Å². The Bertz CT molecular complexity index is 831. The summed E-state index contributed by atoms with van der Waals surface area (Å²) in [6.45, 7) is 5.50. The van der Waals surface area contributed by atoms with Crippen LogP contribution in [0.5, 0.6) is 5.75 Å². The number of nitrogens with zero attached hydrogens (tertiary/aromatic N) is 2. The molecule has 0 bridgehead atoms. The fourth-order valence-corrected chi connectivity index (χ4v) is 4.50. The quantitative estimate of drug-likeness (QED) is 0.778. The molecule has 5 heteroatoms. The molecule has 154 valence electrons. The lowest BCUT2D eigenvalue weighted by atomic mass is 9.88. The van der Waals surface area contributed by atoms with Crippen LogP contribution in [-0.2, 0) is 16.0 Å². The number of benzene rings is 2. The lowest BCUT2D eigenvalue weighted by Gasteiger charge is -2.49. The van der Waals surface area contributed by atoms with Crippen molar-refractivity contribution in [2.45, 2.75) is 37.9 Å². The number of methoxy groups -OCH3 is 1. The van der Waals surface area contributed by atoms with Gasteiger partial charge in [0.25, 0.3) is 5.91 Å². The van der Waals surface area contributed by atoms with Crippen LogP contribution < -0.4 is 9.64 Å². The van der Waals surface area contributed by atoms with Gasteiger partial charge in [0.05, 0.1) is 24.9 Å². The van der Waals surface area contributed by atoms with Gasteiger partial charge in [0, 0.05) is 19.6 Å². The van der Waals surface area contributed by atoms with E-state index in [2.05, 4.69) is 35.2 Å². The Morgan fingerprint density at radius 2 is 1.76 bits per heavy atom. The molecule has 0 saturated carbocycles. The molecule has 5 nitrogen and oxygen atoms in total. The monoisotopic (exact) mass is 394 g/mol. The summed E-state index contributed by atoms with van der Waals surface area (Å²) in [6.07, 6.45) is 2.50. The van der Waals surface area contributed by atoms with Gasteiger partial charge in [-0.3, -0.25) is 4.79 Å². The number of carbonyl (C=O) groups is 1. The second-order valence-electron chi connectivity index (χ2n) is 8.12. The molecule has 0 aromatic heterocycles. The first-order valence-electron chi connectivity index (χ1n) is 10.5. The number of amides is 1. The predicted octanol–water partition coefficient (Wildman–Crippen LogP) is 3.52. The molecule has 1 amide bonds. The number of carbonyl (C=O) groups excluding carboxylic acids is 1. The van der Waals surface area contributed by atoms with Crippen LogP contribution >= 0.6 is 0 Å². The topological polar surface area (TPSA) is 42.0 Å². The van der Waals surface area contributed by atoms with Gasteiger partial charge in [0.15, 0.2) is 0 Å². The highest BCUT2D eigenvalue weighted by Gasteiger charge is 2.46. The third-order valence-corrected chi connectivity index (χ3v) is 6.19. The number of anilines is 1. The standard InChI is InChI=1S/C24H30N2O3/c1-19-23(27)26(21-10-6-7-11-22(21)28-2)18-24(29-19)13-16-25(17-14-24)15-12-20-8-4-3-5-9-20/h3-11,19H,12-18H2,1-2H3. The average Bonchev–Trinajstić information content (AvgIpc) is 2.77. The largest absolute Gasteiger partial charge is 0.495 e. The second-order valence-corrected chi connectivity index (χ2v) is 8.12. The first-order valence-corrected chi connectivity index (χ1v) is 10.5. The van der Waals surface area contributed by atoms with Crippen molar-refractivity contribution in [2.24, 2.45) is 0 Å². The minimum Gasteiger partial charge on any atom is -0.495 e. The zero-order valence-corrected chi connectivity index (χ0v) is 17.3. The number of rotatable bonds is 5. The molecule has 2 saturated heterocycles. The fourth-order valence-electron chi connectivity index (χ4n) is 4.50. The maximum absolute atomic E-state index is 12.9. The third kappa shape index (κ3) is 4.31. The highest BCUT2D eigenvalue weighted by atomic mass is 16.5. The van der Waals surface area contributed by atoms with E-state index in [-0.39, 0.29) is 11.5 Å². The Hall–Kier alpha value is -2.37. The Kier molecular flexibility index (Phi) is 5.88. The number of morpholine rings is 1. The molecule has 2 aliphatic heterocycles. The molecule has 0 N–H and O–H groups in total. The summed E-state index contributed by atoms with van der Waals surface area (Å²) in [6, 6.07) is 18.4. The van der Waals surface area contributed by atoms with Crippen molar-refractivity contribution >= 4 is 11.6 Å². The summed E-state index contributed by atoms with van der Waals surface area (Å²) < 4.78 is 11.8. The van der Waals surface area contributed by atoms with Gasteiger partial charge in [0.1, 0.15) is 11.9 Å². The van der Waals surface area contributed by atoms with Crippen LogP contribution in [0.15, 0.2) is 54.6 Å². The van der Waals surface area contributed by atoms with Crippen LogP contribution in [0, 0.1) is 0 Å². The van der Waals surface area contributed by atoms with Gasteiger partial charge in [0.2, 0.25) is 0 Å². The van der Waals surface area contributed by atoms with E-state index in [0.29, 0.717) is 6.54 Å². The first-order chi connectivity index (χ1) is 14.1. The number of likely N-dealkylation sites (tertiary alicyclic amines) is 1. The summed E-state index contributed by atoms with van der Waals surface area (Å²) in [5, 5.41) is 0. The molecular formula is C24H30N2O3. The molecule has 4 rings (SSSR count). The van der Waals surface area contributed by atoms with Crippen LogP contribution in [0.3, 0.4) is 0 Å². The molecule has 2 heterocycles. The maximum Gasteiger partial charge on any atom is 0.256 e. The smallest absolute Gasteiger partial charge is 0.256 e. The van der Waals surface area contributed by atoms with Gasteiger partial charge in [-0.05, 0) is 43.9 Å². The Morgan fingerprint density at radius 1 is 1.07 bits per heavy atom. The molecule has 2 aliphatic rings. The highest BCUT2D eigenvalue weighted by Crippen LogP contribution is 2.37. The van der Waals surface area contributed by atoms with Gasteiger partial charge < -0.3 is 19.3 Å². The van der Waals surface area contributed by atoms with Gasteiger partial charge in [-0.2, -0.15) is 0 Å². The predicted molar refractivity (Wildman–Crippen MR) is 114 cm³/mol. The van der Waals surface area contributed by atoms with Gasteiger partial charge in [-0.15, -0.1) is 0 Å². The van der Waals surface area contributed by atoms with E-state index in [1.165, 1.54) is 5.56 Å². The number of ether oxygens (including phenoxy) is 2. The van der Waals surface area contributed by atoms with Crippen LogP contribution in [0.1, 0.15) is 25.3 Å². The number of hydrogen-bond acceptors (Lipinski definition) is 4. The molecule has 29 heavy (non-hydrogen) atoms. The van der Waals surface area contributed by atoms with Crippen molar-refractivity contribution in [1.82, 2.24) is 4.90 Å². The van der Waals surface area contributed by atoms with Crippen molar-refractivity contribution in [1.29, 1.82) is 0 Å². The van der Waals surface area contributed by atoms with Crippen molar-refractivity contribution < 1.29 is 14.3 Å². The summed E-state index contributed by atoms with van der Waals surface area (Å²) in [5.41, 5.74) is 1.93. The molecule has 0 aliphatic carbocycles. The Balaban J connectivity index is 1.42. The third-order valence-electron chi connectivity index (χ3n) is 6.19. The van der Waals surface area contributed by atoms with E-state index in [1.54, 1.807) is 7.11 Å². The summed E-state index contributed by atoms with van der Waals surface area (Å²) in [4.78, 5) is 17.3.